The van der Waals surface area contributed by atoms with Gasteiger partial charge in [-0.05, 0) is 81.7 Å². The normalized spacial score (nSPS) is 16.6. The first-order valence-electron chi connectivity index (χ1n) is 14.6. The molecule has 3 heterocycles. The zero-order chi connectivity index (χ0) is 29.3. The molecule has 2 aromatic heterocycles. The SMILES string of the molecule is [C-]#[N+]c1cc(-c2ccnc3cc(-c4ccc(C(=O)NC5(CN(C)C)CCC5)cc4C)oc23)ccc1OC1CCOCC1. The zero-order valence-corrected chi connectivity index (χ0v) is 24.4. The van der Waals surface area contributed by atoms with Crippen LogP contribution in [0.2, 0.25) is 0 Å². The number of rotatable bonds is 8. The van der Waals surface area contributed by atoms with E-state index in [1.54, 1.807) is 6.20 Å². The predicted octanol–water partition coefficient (Wildman–Crippen LogP) is 6.79. The average Bonchev–Trinajstić information content (AvgIpc) is 3.40. The van der Waals surface area contributed by atoms with Gasteiger partial charge in [-0.15, -0.1) is 0 Å². The van der Waals surface area contributed by atoms with Crippen molar-refractivity contribution in [3.05, 3.63) is 77.3 Å². The molecule has 2 fully saturated rings. The fourth-order valence-corrected chi connectivity index (χ4v) is 6.07. The highest BCUT2D eigenvalue weighted by Gasteiger charge is 2.39. The van der Waals surface area contributed by atoms with Gasteiger partial charge in [-0.2, -0.15) is 0 Å². The third-order valence-corrected chi connectivity index (χ3v) is 8.33. The first kappa shape index (κ1) is 28.0. The fraction of sp³-hybridized carbons (Fsp3) is 0.382. The van der Waals surface area contributed by atoms with Crippen LogP contribution in [-0.4, -0.2) is 61.3 Å². The molecule has 1 aliphatic carbocycles. The van der Waals surface area contributed by atoms with Crippen LogP contribution >= 0.6 is 0 Å². The Labute approximate surface area is 246 Å². The molecule has 0 radical (unpaired) electrons. The molecule has 8 nitrogen and oxygen atoms in total. The summed E-state index contributed by atoms with van der Waals surface area (Å²) >= 11 is 0. The number of carbonyl (C=O) groups excluding carboxylic acids is 1. The van der Waals surface area contributed by atoms with Crippen molar-refractivity contribution in [2.24, 2.45) is 0 Å². The third-order valence-electron chi connectivity index (χ3n) is 8.33. The van der Waals surface area contributed by atoms with Gasteiger partial charge < -0.3 is 24.1 Å². The van der Waals surface area contributed by atoms with Gasteiger partial charge in [-0.1, -0.05) is 12.1 Å². The van der Waals surface area contributed by atoms with Crippen LogP contribution in [-0.2, 0) is 4.74 Å². The highest BCUT2D eigenvalue weighted by molar-refractivity contribution is 5.96. The van der Waals surface area contributed by atoms with Gasteiger partial charge in [0.25, 0.3) is 5.91 Å². The summed E-state index contributed by atoms with van der Waals surface area (Å²) in [4.78, 5) is 23.6. The second-order valence-electron chi connectivity index (χ2n) is 11.8. The number of hydrogen-bond acceptors (Lipinski definition) is 6. The first-order valence-corrected chi connectivity index (χ1v) is 14.6. The molecule has 2 aromatic carbocycles. The van der Waals surface area contributed by atoms with Crippen molar-refractivity contribution in [1.29, 1.82) is 0 Å². The van der Waals surface area contributed by atoms with Crippen LogP contribution in [0.4, 0.5) is 5.69 Å². The zero-order valence-electron chi connectivity index (χ0n) is 24.4. The summed E-state index contributed by atoms with van der Waals surface area (Å²) in [5, 5.41) is 3.30. The minimum Gasteiger partial charge on any atom is -0.501 e. The quantitative estimate of drug-likeness (QED) is 0.237. The lowest BCUT2D eigenvalue weighted by atomic mass is 9.76. The summed E-state index contributed by atoms with van der Waals surface area (Å²) < 4.78 is 18.0. The molecule has 1 saturated heterocycles. The van der Waals surface area contributed by atoms with Crippen LogP contribution < -0.4 is 10.1 Å². The van der Waals surface area contributed by atoms with E-state index in [2.05, 4.69) is 20.0 Å². The Morgan fingerprint density at radius 3 is 2.62 bits per heavy atom. The van der Waals surface area contributed by atoms with Crippen LogP contribution in [0.3, 0.4) is 0 Å². The van der Waals surface area contributed by atoms with E-state index >= 15 is 0 Å². The van der Waals surface area contributed by atoms with E-state index in [4.69, 9.17) is 20.5 Å². The monoisotopic (exact) mass is 564 g/mol. The largest absolute Gasteiger partial charge is 0.501 e. The first-order chi connectivity index (χ1) is 20.3. The Hall–Kier alpha value is -4.19. The molecule has 0 atom stereocenters. The van der Waals surface area contributed by atoms with E-state index in [9.17, 15) is 4.79 Å². The van der Waals surface area contributed by atoms with Gasteiger partial charge in [0.1, 0.15) is 23.1 Å². The lowest BCUT2D eigenvalue weighted by molar-refractivity contribution is 0.0259. The molecular formula is C34H36N4O4. The number of hydrogen-bond donors (Lipinski definition) is 1. The molecule has 2 aliphatic rings. The van der Waals surface area contributed by atoms with E-state index in [0.29, 0.717) is 41.6 Å². The molecule has 4 aromatic rings. The number of pyridine rings is 1. The van der Waals surface area contributed by atoms with E-state index < -0.39 is 0 Å². The molecule has 1 amide bonds. The molecule has 0 spiro atoms. The Morgan fingerprint density at radius 2 is 1.93 bits per heavy atom. The Kier molecular flexibility index (Phi) is 7.72. The summed E-state index contributed by atoms with van der Waals surface area (Å²) in [6, 6.07) is 15.2. The molecule has 1 aliphatic heterocycles. The highest BCUT2D eigenvalue weighted by atomic mass is 16.5. The summed E-state index contributed by atoms with van der Waals surface area (Å²) in [5.74, 6) is 1.23. The van der Waals surface area contributed by atoms with Gasteiger partial charge >= 0.3 is 0 Å². The maximum absolute atomic E-state index is 13.2. The second-order valence-corrected chi connectivity index (χ2v) is 11.8. The molecule has 1 saturated carbocycles. The number of furan rings is 1. The number of aryl methyl sites for hydroxylation is 1. The maximum atomic E-state index is 13.2. The van der Waals surface area contributed by atoms with Gasteiger partial charge in [-0.25, -0.2) is 4.85 Å². The molecule has 216 valence electrons. The van der Waals surface area contributed by atoms with E-state index in [-0.39, 0.29) is 17.6 Å². The van der Waals surface area contributed by atoms with Crippen molar-refractivity contribution >= 4 is 22.7 Å². The number of carbonyl (C=O) groups is 1. The predicted molar refractivity (Wildman–Crippen MR) is 163 cm³/mol. The lowest BCUT2D eigenvalue weighted by Gasteiger charge is -2.44. The number of likely N-dealkylation sites (N-methyl/N-ethyl adjacent to an activating group) is 1. The molecule has 8 heteroatoms. The van der Waals surface area contributed by atoms with Crippen molar-refractivity contribution < 1.29 is 18.7 Å². The minimum absolute atomic E-state index is 0.0420. The van der Waals surface area contributed by atoms with Crippen LogP contribution in [0.5, 0.6) is 5.75 Å². The summed E-state index contributed by atoms with van der Waals surface area (Å²) in [7, 11) is 4.08. The topological polar surface area (TPSA) is 81.2 Å². The van der Waals surface area contributed by atoms with E-state index in [1.165, 1.54) is 0 Å². The number of fused-ring (bicyclic) bond motifs is 1. The number of aromatic nitrogens is 1. The van der Waals surface area contributed by atoms with E-state index in [0.717, 1.165) is 66.4 Å². The molecular weight excluding hydrogens is 528 g/mol. The van der Waals surface area contributed by atoms with Gasteiger partial charge in [0.05, 0.1) is 25.3 Å². The summed E-state index contributed by atoms with van der Waals surface area (Å²) in [6.45, 7) is 11.9. The highest BCUT2D eigenvalue weighted by Crippen LogP contribution is 2.39. The van der Waals surface area contributed by atoms with Gasteiger partial charge in [-0.3, -0.25) is 9.78 Å². The van der Waals surface area contributed by atoms with Crippen LogP contribution in [0.15, 0.2) is 59.1 Å². The molecule has 1 N–H and O–H groups in total. The maximum Gasteiger partial charge on any atom is 0.251 e. The minimum atomic E-state index is -0.143. The summed E-state index contributed by atoms with van der Waals surface area (Å²) in [5.41, 5.74) is 5.92. The molecule has 42 heavy (non-hydrogen) atoms. The third kappa shape index (κ3) is 5.63. The van der Waals surface area contributed by atoms with Crippen LogP contribution in [0, 0.1) is 13.5 Å². The van der Waals surface area contributed by atoms with E-state index in [1.807, 2.05) is 69.6 Å². The van der Waals surface area contributed by atoms with Crippen molar-refractivity contribution in [3.8, 4) is 28.2 Å². The van der Waals surface area contributed by atoms with Gasteiger partial charge in [0.15, 0.2) is 5.58 Å². The Morgan fingerprint density at radius 1 is 1.12 bits per heavy atom. The van der Waals surface area contributed by atoms with Crippen molar-refractivity contribution in [3.63, 3.8) is 0 Å². The second kappa shape index (κ2) is 11.6. The molecule has 6 rings (SSSR count). The summed E-state index contributed by atoms with van der Waals surface area (Å²) in [6.07, 6.45) is 6.61. The smallest absolute Gasteiger partial charge is 0.251 e. The molecule has 0 bridgehead atoms. The van der Waals surface area contributed by atoms with Gasteiger partial charge in [0.2, 0.25) is 5.69 Å². The van der Waals surface area contributed by atoms with Crippen LogP contribution in [0.25, 0.3) is 38.4 Å². The average molecular weight is 565 g/mol. The molecule has 0 unspecified atom stereocenters. The number of nitrogens with one attached hydrogen (secondary N) is 1. The Bertz CT molecular complexity index is 1660. The van der Waals surface area contributed by atoms with Crippen molar-refractivity contribution in [1.82, 2.24) is 15.2 Å². The number of amides is 1. The lowest BCUT2D eigenvalue weighted by Crippen LogP contribution is -2.58. The fourth-order valence-electron chi connectivity index (χ4n) is 6.07. The number of nitrogens with zero attached hydrogens (tertiary/aromatic N) is 3. The standard InChI is InChI=1S/C34H36N4O4/c1-22-18-24(33(39)37-34(13-5-14-34)21-38(3)4)6-8-26(22)31-20-29-32(42-31)27(10-15-36-29)23-7-9-30(28(19-23)35-2)41-25-11-16-40-17-12-25/h6-10,15,18-20,25H,5,11-14,16-17,21H2,1,3-4H3,(H,37,39). The van der Waals surface area contributed by atoms with Crippen molar-refractivity contribution in [2.75, 3.05) is 33.9 Å². The van der Waals surface area contributed by atoms with Gasteiger partial charge in [0, 0.05) is 48.3 Å². The van der Waals surface area contributed by atoms with Crippen molar-refractivity contribution in [2.45, 2.75) is 50.7 Å². The Balaban J connectivity index is 1.26. The number of benzene rings is 2. The number of ether oxygens (including phenoxy) is 2. The van der Waals surface area contributed by atoms with Crippen LogP contribution in [0.1, 0.15) is 48.0 Å².